The van der Waals surface area contributed by atoms with Crippen LogP contribution in [0.15, 0.2) is 24.3 Å². The summed E-state index contributed by atoms with van der Waals surface area (Å²) in [6.45, 7) is 5.52. The Bertz CT molecular complexity index is 918. The van der Waals surface area contributed by atoms with E-state index in [0.717, 1.165) is 22.8 Å². The number of nitrogens with zero attached hydrogens (tertiary/aromatic N) is 2. The Balaban J connectivity index is 1.60. The van der Waals surface area contributed by atoms with Gasteiger partial charge >= 0.3 is 0 Å². The molecule has 1 N–H and O–H groups in total. The van der Waals surface area contributed by atoms with E-state index in [1.165, 1.54) is 0 Å². The second-order valence-electron chi connectivity index (χ2n) is 7.10. The fourth-order valence-corrected chi connectivity index (χ4v) is 3.78. The molecule has 4 rings (SSSR count). The number of hydrogen-bond acceptors (Lipinski definition) is 4. The molecule has 1 fully saturated rings. The number of likely N-dealkylation sites (N-methyl/N-ethyl adjacent to an activating group) is 1. The van der Waals surface area contributed by atoms with Gasteiger partial charge in [-0.1, -0.05) is 0 Å². The van der Waals surface area contributed by atoms with Gasteiger partial charge in [0.25, 0.3) is 5.91 Å². The van der Waals surface area contributed by atoms with Crippen LogP contribution >= 0.6 is 0 Å². The Kier molecular flexibility index (Phi) is 4.30. The van der Waals surface area contributed by atoms with Crippen LogP contribution in [-0.2, 0) is 4.79 Å². The number of hydrogen-bond donors (Lipinski definition) is 1. The standard InChI is InChI=1S/C20H23N3O4/c1-12-8-16(20(25)21-14-9-19(24)22(3)11-14)13(2)23(12)15-4-5-17-18(10-15)27-7-6-26-17/h4-5,8,10,14H,6-7,9,11H2,1-3H3,(H,21,25). The van der Waals surface area contributed by atoms with E-state index >= 15 is 0 Å². The van der Waals surface area contributed by atoms with Gasteiger partial charge in [0.15, 0.2) is 11.5 Å². The molecule has 2 aromatic rings. The van der Waals surface area contributed by atoms with Crippen molar-refractivity contribution in [3.05, 3.63) is 41.2 Å². The molecule has 7 nitrogen and oxygen atoms in total. The summed E-state index contributed by atoms with van der Waals surface area (Å²) in [5.74, 6) is 1.35. The van der Waals surface area contributed by atoms with Crippen molar-refractivity contribution in [1.29, 1.82) is 0 Å². The van der Waals surface area contributed by atoms with Crippen LogP contribution in [0.1, 0.15) is 28.2 Å². The third-order valence-corrected chi connectivity index (χ3v) is 5.14. The summed E-state index contributed by atoms with van der Waals surface area (Å²) in [5, 5.41) is 2.98. The van der Waals surface area contributed by atoms with Crippen LogP contribution in [0.25, 0.3) is 5.69 Å². The monoisotopic (exact) mass is 369 g/mol. The van der Waals surface area contributed by atoms with Gasteiger partial charge in [-0.2, -0.15) is 0 Å². The van der Waals surface area contributed by atoms with Gasteiger partial charge in [0.1, 0.15) is 13.2 Å². The number of likely N-dealkylation sites (tertiary alicyclic amines) is 1. The van der Waals surface area contributed by atoms with Crippen molar-refractivity contribution in [3.8, 4) is 17.2 Å². The van der Waals surface area contributed by atoms with Gasteiger partial charge in [0.2, 0.25) is 5.91 Å². The Morgan fingerprint density at radius 3 is 2.59 bits per heavy atom. The number of benzene rings is 1. The van der Waals surface area contributed by atoms with E-state index in [9.17, 15) is 9.59 Å². The van der Waals surface area contributed by atoms with E-state index in [-0.39, 0.29) is 17.9 Å². The molecule has 1 aromatic carbocycles. The van der Waals surface area contributed by atoms with Crippen molar-refractivity contribution in [2.45, 2.75) is 26.3 Å². The lowest BCUT2D eigenvalue weighted by Crippen LogP contribution is -2.36. The molecule has 0 aliphatic carbocycles. The maximum atomic E-state index is 12.8. The smallest absolute Gasteiger partial charge is 0.253 e. The van der Waals surface area contributed by atoms with Crippen LogP contribution in [0.3, 0.4) is 0 Å². The summed E-state index contributed by atoms with van der Waals surface area (Å²) >= 11 is 0. The van der Waals surface area contributed by atoms with Gasteiger partial charge in [0.05, 0.1) is 11.6 Å². The van der Waals surface area contributed by atoms with E-state index in [2.05, 4.69) is 5.32 Å². The average Bonchev–Trinajstić information content (AvgIpc) is 3.12. The topological polar surface area (TPSA) is 72.8 Å². The van der Waals surface area contributed by atoms with Crippen LogP contribution in [0.4, 0.5) is 0 Å². The molecule has 142 valence electrons. The molecule has 2 aliphatic rings. The zero-order valence-electron chi connectivity index (χ0n) is 15.7. The number of aryl methyl sites for hydroxylation is 1. The number of fused-ring (bicyclic) bond motifs is 1. The fraction of sp³-hybridized carbons (Fsp3) is 0.400. The van der Waals surface area contributed by atoms with Gasteiger partial charge in [-0.05, 0) is 32.0 Å². The molecule has 2 amide bonds. The van der Waals surface area contributed by atoms with Crippen LogP contribution in [0.2, 0.25) is 0 Å². The number of nitrogens with one attached hydrogen (secondary N) is 1. The first-order valence-electron chi connectivity index (χ1n) is 9.08. The molecule has 1 aromatic heterocycles. The first kappa shape index (κ1) is 17.5. The lowest BCUT2D eigenvalue weighted by atomic mass is 10.2. The number of rotatable bonds is 3. The molecule has 27 heavy (non-hydrogen) atoms. The Hall–Kier alpha value is -2.96. The minimum Gasteiger partial charge on any atom is -0.486 e. The molecule has 1 atom stereocenters. The first-order valence-corrected chi connectivity index (χ1v) is 9.08. The van der Waals surface area contributed by atoms with Gasteiger partial charge in [-0.25, -0.2) is 0 Å². The zero-order chi connectivity index (χ0) is 19.1. The maximum Gasteiger partial charge on any atom is 0.253 e. The van der Waals surface area contributed by atoms with Crippen LogP contribution in [-0.4, -0.2) is 54.1 Å². The molecule has 0 saturated carbocycles. The highest BCUT2D eigenvalue weighted by Crippen LogP contribution is 2.33. The highest BCUT2D eigenvalue weighted by molar-refractivity contribution is 5.96. The maximum absolute atomic E-state index is 12.8. The van der Waals surface area contributed by atoms with Crippen molar-refractivity contribution >= 4 is 11.8 Å². The quantitative estimate of drug-likeness (QED) is 0.896. The molecule has 7 heteroatoms. The average molecular weight is 369 g/mol. The van der Waals surface area contributed by atoms with Crippen LogP contribution in [0, 0.1) is 13.8 Å². The first-order chi connectivity index (χ1) is 12.9. The van der Waals surface area contributed by atoms with Crippen molar-refractivity contribution in [2.75, 3.05) is 26.8 Å². The molecule has 1 unspecified atom stereocenters. The second-order valence-corrected chi connectivity index (χ2v) is 7.10. The third-order valence-electron chi connectivity index (χ3n) is 5.14. The zero-order valence-corrected chi connectivity index (χ0v) is 15.7. The molecule has 0 spiro atoms. The third kappa shape index (κ3) is 3.13. The predicted molar refractivity (Wildman–Crippen MR) is 99.7 cm³/mol. The van der Waals surface area contributed by atoms with Gasteiger partial charge in [-0.3, -0.25) is 9.59 Å². The summed E-state index contributed by atoms with van der Waals surface area (Å²) in [5.41, 5.74) is 3.33. The minimum atomic E-state index is -0.153. The summed E-state index contributed by atoms with van der Waals surface area (Å²) in [7, 11) is 1.75. The largest absolute Gasteiger partial charge is 0.486 e. The fourth-order valence-electron chi connectivity index (χ4n) is 3.78. The van der Waals surface area contributed by atoms with Gasteiger partial charge in [0, 0.05) is 43.2 Å². The number of carbonyl (C=O) groups excluding carboxylic acids is 2. The van der Waals surface area contributed by atoms with Crippen molar-refractivity contribution in [1.82, 2.24) is 14.8 Å². The molecule has 0 radical (unpaired) electrons. The molecule has 3 heterocycles. The van der Waals surface area contributed by atoms with E-state index < -0.39 is 0 Å². The normalized spacial score (nSPS) is 18.7. The Morgan fingerprint density at radius 1 is 1.15 bits per heavy atom. The van der Waals surface area contributed by atoms with Gasteiger partial charge in [-0.15, -0.1) is 0 Å². The van der Waals surface area contributed by atoms with Crippen molar-refractivity contribution < 1.29 is 19.1 Å². The van der Waals surface area contributed by atoms with Gasteiger partial charge < -0.3 is 24.3 Å². The molecular weight excluding hydrogens is 346 g/mol. The summed E-state index contributed by atoms with van der Waals surface area (Å²) in [4.78, 5) is 26.1. The molecule has 0 bridgehead atoms. The SMILES string of the molecule is Cc1cc(C(=O)NC2CC(=O)N(C)C2)c(C)n1-c1ccc2c(c1)OCCO2. The number of ether oxygens (including phenoxy) is 2. The second kappa shape index (κ2) is 6.64. The number of amides is 2. The summed E-state index contributed by atoms with van der Waals surface area (Å²) in [6, 6.07) is 7.51. The summed E-state index contributed by atoms with van der Waals surface area (Å²) in [6.07, 6.45) is 0.350. The molecule has 1 saturated heterocycles. The summed E-state index contributed by atoms with van der Waals surface area (Å²) < 4.78 is 13.3. The Labute approximate surface area is 157 Å². The predicted octanol–water partition coefficient (Wildman–Crippen LogP) is 1.83. The van der Waals surface area contributed by atoms with Crippen LogP contribution < -0.4 is 14.8 Å². The van der Waals surface area contributed by atoms with E-state index in [4.69, 9.17) is 9.47 Å². The highest BCUT2D eigenvalue weighted by Gasteiger charge is 2.29. The van der Waals surface area contributed by atoms with Crippen molar-refractivity contribution in [3.63, 3.8) is 0 Å². The minimum absolute atomic E-state index is 0.0575. The van der Waals surface area contributed by atoms with E-state index in [0.29, 0.717) is 37.5 Å². The number of carbonyl (C=O) groups is 2. The van der Waals surface area contributed by atoms with E-state index in [1.807, 2.05) is 42.7 Å². The Morgan fingerprint density at radius 2 is 1.89 bits per heavy atom. The molecular formula is C20H23N3O4. The lowest BCUT2D eigenvalue weighted by molar-refractivity contribution is -0.126. The molecule has 2 aliphatic heterocycles. The lowest BCUT2D eigenvalue weighted by Gasteiger charge is -2.20. The highest BCUT2D eigenvalue weighted by atomic mass is 16.6. The van der Waals surface area contributed by atoms with Crippen LogP contribution in [0.5, 0.6) is 11.5 Å². The number of aromatic nitrogens is 1. The van der Waals surface area contributed by atoms with E-state index in [1.54, 1.807) is 11.9 Å². The van der Waals surface area contributed by atoms with Crippen molar-refractivity contribution in [2.24, 2.45) is 0 Å².